The number of hydrogen-bond donors (Lipinski definition) is 0. The third kappa shape index (κ3) is 3.65. The molecule has 1 aromatic carbocycles. The quantitative estimate of drug-likeness (QED) is 0.645. The van der Waals surface area contributed by atoms with Gasteiger partial charge in [0.2, 0.25) is 5.89 Å². The molecule has 1 aliphatic rings. The van der Waals surface area contributed by atoms with Gasteiger partial charge in [-0.3, -0.25) is 4.90 Å². The van der Waals surface area contributed by atoms with E-state index < -0.39 is 11.7 Å². The number of nitrogens with zero attached hydrogens (tertiary/aromatic N) is 3. The summed E-state index contributed by atoms with van der Waals surface area (Å²) in [6.45, 7) is 0.476. The van der Waals surface area contributed by atoms with Crippen LogP contribution in [-0.2, 0) is 19.3 Å². The first kappa shape index (κ1) is 16.8. The maximum Gasteiger partial charge on any atom is 0.416 e. The lowest BCUT2D eigenvalue weighted by molar-refractivity contribution is -0.138. The molecule has 136 valence electrons. The molecule has 0 saturated heterocycles. The zero-order chi connectivity index (χ0) is 18.1. The van der Waals surface area contributed by atoms with Crippen LogP contribution in [0, 0.1) is 0 Å². The Kier molecular flexibility index (Phi) is 4.28. The van der Waals surface area contributed by atoms with Crippen LogP contribution in [0.25, 0.3) is 11.7 Å². The molecule has 1 aliphatic carbocycles. The van der Waals surface area contributed by atoms with Crippen LogP contribution in [-0.4, -0.2) is 21.1 Å². The van der Waals surface area contributed by atoms with Gasteiger partial charge in [-0.1, -0.05) is 18.2 Å². The molecule has 3 aromatic rings. The van der Waals surface area contributed by atoms with Crippen molar-refractivity contribution in [3.63, 3.8) is 0 Å². The van der Waals surface area contributed by atoms with Crippen LogP contribution < -0.4 is 0 Å². The normalized spacial score (nSPS) is 14.9. The standard InChI is InChI=1S/C18H16F3N3O2/c19-18(20,21)14-5-2-1-4-12(14)10-24(13-7-8-13)11-16-22-23-17(26-16)15-6-3-9-25-15/h1-6,9,13H,7-8,10-11H2. The van der Waals surface area contributed by atoms with Crippen LogP contribution >= 0.6 is 0 Å². The summed E-state index contributed by atoms with van der Waals surface area (Å²) in [6.07, 6.45) is -0.965. The van der Waals surface area contributed by atoms with Crippen molar-refractivity contribution in [1.29, 1.82) is 0 Å². The molecular formula is C18H16F3N3O2. The maximum atomic E-state index is 13.2. The highest BCUT2D eigenvalue weighted by Crippen LogP contribution is 2.35. The Bertz CT molecular complexity index is 870. The largest absolute Gasteiger partial charge is 0.459 e. The molecule has 0 aliphatic heterocycles. The third-order valence-corrected chi connectivity index (χ3v) is 4.30. The number of halogens is 3. The molecule has 4 rings (SSSR count). The van der Waals surface area contributed by atoms with Gasteiger partial charge in [-0.15, -0.1) is 10.2 Å². The van der Waals surface area contributed by atoms with Gasteiger partial charge < -0.3 is 8.83 Å². The van der Waals surface area contributed by atoms with Gasteiger partial charge in [0.05, 0.1) is 18.4 Å². The molecule has 0 bridgehead atoms. The molecule has 26 heavy (non-hydrogen) atoms. The summed E-state index contributed by atoms with van der Waals surface area (Å²) < 4.78 is 50.5. The number of rotatable bonds is 6. The van der Waals surface area contributed by atoms with Crippen LogP contribution in [0.15, 0.2) is 51.5 Å². The second-order valence-corrected chi connectivity index (χ2v) is 6.27. The summed E-state index contributed by atoms with van der Waals surface area (Å²) in [7, 11) is 0. The Morgan fingerprint density at radius 1 is 1.04 bits per heavy atom. The Morgan fingerprint density at radius 3 is 2.54 bits per heavy atom. The summed E-state index contributed by atoms with van der Waals surface area (Å²) in [4.78, 5) is 1.95. The summed E-state index contributed by atoms with van der Waals surface area (Å²) >= 11 is 0. The highest BCUT2D eigenvalue weighted by Gasteiger charge is 2.35. The van der Waals surface area contributed by atoms with E-state index in [0.29, 0.717) is 18.2 Å². The second-order valence-electron chi connectivity index (χ2n) is 6.27. The zero-order valence-electron chi connectivity index (χ0n) is 13.7. The molecule has 0 radical (unpaired) electrons. The number of aromatic nitrogens is 2. The van der Waals surface area contributed by atoms with Crippen molar-refractivity contribution < 1.29 is 22.0 Å². The van der Waals surface area contributed by atoms with E-state index in [2.05, 4.69) is 10.2 Å². The van der Waals surface area contributed by atoms with Crippen LogP contribution in [0.1, 0.15) is 29.9 Å². The smallest absolute Gasteiger partial charge is 0.416 e. The zero-order valence-corrected chi connectivity index (χ0v) is 13.7. The topological polar surface area (TPSA) is 55.3 Å². The minimum atomic E-state index is -4.37. The van der Waals surface area contributed by atoms with Crippen molar-refractivity contribution in [3.05, 3.63) is 59.7 Å². The Morgan fingerprint density at radius 2 is 1.85 bits per heavy atom. The minimum Gasteiger partial charge on any atom is -0.459 e. The lowest BCUT2D eigenvalue weighted by atomic mass is 10.1. The number of alkyl halides is 3. The number of furan rings is 1. The van der Waals surface area contributed by atoms with Gasteiger partial charge in [0.25, 0.3) is 5.89 Å². The van der Waals surface area contributed by atoms with Gasteiger partial charge in [0.15, 0.2) is 5.76 Å². The van der Waals surface area contributed by atoms with Gasteiger partial charge in [-0.2, -0.15) is 13.2 Å². The highest BCUT2D eigenvalue weighted by molar-refractivity contribution is 5.42. The third-order valence-electron chi connectivity index (χ3n) is 4.30. The molecule has 0 unspecified atom stereocenters. The first-order valence-corrected chi connectivity index (χ1v) is 8.26. The van der Waals surface area contributed by atoms with Crippen LogP contribution in [0.5, 0.6) is 0 Å². The maximum absolute atomic E-state index is 13.2. The minimum absolute atomic E-state index is 0.179. The lowest BCUT2D eigenvalue weighted by Gasteiger charge is -2.22. The molecule has 2 aromatic heterocycles. The van der Waals surface area contributed by atoms with E-state index >= 15 is 0 Å². The van der Waals surface area contributed by atoms with E-state index in [1.54, 1.807) is 18.2 Å². The Labute approximate surface area is 147 Å². The predicted molar refractivity (Wildman–Crippen MR) is 85.7 cm³/mol. The molecule has 0 amide bonds. The first-order valence-electron chi connectivity index (χ1n) is 8.26. The van der Waals surface area contributed by atoms with E-state index in [1.165, 1.54) is 18.4 Å². The van der Waals surface area contributed by atoms with Crippen LogP contribution in [0.4, 0.5) is 13.2 Å². The monoisotopic (exact) mass is 363 g/mol. The van der Waals surface area contributed by atoms with Gasteiger partial charge in [0.1, 0.15) is 0 Å². The predicted octanol–water partition coefficient (Wildman–Crippen LogP) is 4.51. The van der Waals surface area contributed by atoms with E-state index in [4.69, 9.17) is 8.83 Å². The summed E-state index contributed by atoms with van der Waals surface area (Å²) in [5.74, 6) is 1.08. The fourth-order valence-corrected chi connectivity index (χ4v) is 2.90. The van der Waals surface area contributed by atoms with Crippen molar-refractivity contribution in [2.45, 2.75) is 38.1 Å². The van der Waals surface area contributed by atoms with Crippen molar-refractivity contribution in [3.8, 4) is 11.7 Å². The SMILES string of the molecule is FC(F)(F)c1ccccc1CN(Cc1nnc(-c2ccco2)o1)C1CC1. The fraction of sp³-hybridized carbons (Fsp3) is 0.333. The van der Waals surface area contributed by atoms with Crippen molar-refractivity contribution in [2.75, 3.05) is 0 Å². The molecule has 1 fully saturated rings. The highest BCUT2D eigenvalue weighted by atomic mass is 19.4. The summed E-state index contributed by atoms with van der Waals surface area (Å²) in [5, 5.41) is 7.93. The summed E-state index contributed by atoms with van der Waals surface area (Å²) in [5.41, 5.74) is -0.356. The molecule has 1 saturated carbocycles. The molecule has 5 nitrogen and oxygen atoms in total. The molecular weight excluding hydrogens is 347 g/mol. The van der Waals surface area contributed by atoms with Crippen LogP contribution in [0.3, 0.4) is 0 Å². The molecule has 0 N–H and O–H groups in total. The molecule has 8 heteroatoms. The number of benzene rings is 1. The van der Waals surface area contributed by atoms with E-state index in [0.717, 1.165) is 18.9 Å². The Hall–Kier alpha value is -2.61. The van der Waals surface area contributed by atoms with Gasteiger partial charge in [-0.25, -0.2) is 0 Å². The average Bonchev–Trinajstić information content (AvgIpc) is 3.11. The van der Waals surface area contributed by atoms with E-state index in [1.807, 2.05) is 4.90 Å². The van der Waals surface area contributed by atoms with Gasteiger partial charge in [0, 0.05) is 12.6 Å². The number of hydrogen-bond acceptors (Lipinski definition) is 5. The average molecular weight is 363 g/mol. The molecule has 2 heterocycles. The van der Waals surface area contributed by atoms with Crippen molar-refractivity contribution in [1.82, 2.24) is 15.1 Å². The van der Waals surface area contributed by atoms with Gasteiger partial charge >= 0.3 is 6.18 Å². The second kappa shape index (κ2) is 6.60. The van der Waals surface area contributed by atoms with Crippen molar-refractivity contribution in [2.24, 2.45) is 0 Å². The molecule has 0 spiro atoms. The van der Waals surface area contributed by atoms with Crippen molar-refractivity contribution >= 4 is 0 Å². The molecule has 0 atom stereocenters. The summed E-state index contributed by atoms with van der Waals surface area (Å²) in [6, 6.07) is 9.30. The van der Waals surface area contributed by atoms with Crippen LogP contribution in [0.2, 0.25) is 0 Å². The first-order chi connectivity index (χ1) is 12.5. The van der Waals surface area contributed by atoms with E-state index in [9.17, 15) is 13.2 Å². The Balaban J connectivity index is 1.53. The van der Waals surface area contributed by atoms with E-state index in [-0.39, 0.29) is 24.0 Å². The van der Waals surface area contributed by atoms with Gasteiger partial charge in [-0.05, 0) is 36.6 Å². The fourth-order valence-electron chi connectivity index (χ4n) is 2.90. The lowest BCUT2D eigenvalue weighted by Crippen LogP contribution is -2.26.